The van der Waals surface area contributed by atoms with Crippen molar-refractivity contribution in [3.63, 3.8) is 0 Å². The average Bonchev–Trinajstić information content (AvgIpc) is 2.45. The largest absolute Gasteiger partial charge is 0.385 e. The second-order valence-electron chi connectivity index (χ2n) is 5.74. The SMILES string of the molecule is CC(C)NS(=O)(=O)c1ccc(NCC2CCSCC2)cc1. The van der Waals surface area contributed by atoms with Gasteiger partial charge in [-0.3, -0.25) is 0 Å². The second kappa shape index (κ2) is 7.51. The zero-order valence-corrected chi connectivity index (χ0v) is 14.3. The number of anilines is 1. The van der Waals surface area contributed by atoms with Crippen molar-refractivity contribution in [3.8, 4) is 0 Å². The van der Waals surface area contributed by atoms with Gasteiger partial charge >= 0.3 is 0 Å². The van der Waals surface area contributed by atoms with Crippen molar-refractivity contribution in [1.82, 2.24) is 4.72 Å². The minimum Gasteiger partial charge on any atom is -0.385 e. The highest BCUT2D eigenvalue weighted by molar-refractivity contribution is 7.99. The zero-order chi connectivity index (χ0) is 15.3. The smallest absolute Gasteiger partial charge is 0.240 e. The molecule has 0 saturated carbocycles. The number of benzene rings is 1. The number of hydrogen-bond donors (Lipinski definition) is 2. The van der Waals surface area contributed by atoms with Crippen molar-refractivity contribution in [2.24, 2.45) is 5.92 Å². The summed E-state index contributed by atoms with van der Waals surface area (Å²) >= 11 is 2.03. The van der Waals surface area contributed by atoms with Gasteiger partial charge in [-0.15, -0.1) is 0 Å². The molecule has 4 nitrogen and oxygen atoms in total. The standard InChI is InChI=1S/C15H24N2O2S2/c1-12(2)17-21(18,19)15-5-3-14(4-6-15)16-11-13-7-9-20-10-8-13/h3-6,12-13,16-17H,7-11H2,1-2H3. The van der Waals surface area contributed by atoms with E-state index >= 15 is 0 Å². The fraction of sp³-hybridized carbons (Fsp3) is 0.600. The lowest BCUT2D eigenvalue weighted by atomic mass is 10.0. The third-order valence-electron chi connectivity index (χ3n) is 3.49. The van der Waals surface area contributed by atoms with Crippen LogP contribution in [0.2, 0.25) is 0 Å². The van der Waals surface area contributed by atoms with E-state index in [1.165, 1.54) is 24.3 Å². The lowest BCUT2D eigenvalue weighted by Crippen LogP contribution is -2.30. The minimum atomic E-state index is -3.39. The van der Waals surface area contributed by atoms with Gasteiger partial charge in [0.1, 0.15) is 0 Å². The summed E-state index contributed by atoms with van der Waals surface area (Å²) in [6.07, 6.45) is 2.53. The number of sulfonamides is 1. The number of nitrogens with one attached hydrogen (secondary N) is 2. The van der Waals surface area contributed by atoms with Gasteiger partial charge in [0.25, 0.3) is 0 Å². The third-order valence-corrected chi connectivity index (χ3v) is 6.21. The Balaban J connectivity index is 1.92. The van der Waals surface area contributed by atoms with E-state index in [1.54, 1.807) is 12.1 Å². The van der Waals surface area contributed by atoms with Crippen LogP contribution < -0.4 is 10.0 Å². The van der Waals surface area contributed by atoms with Gasteiger partial charge in [0.2, 0.25) is 10.0 Å². The van der Waals surface area contributed by atoms with Gasteiger partial charge in [-0.05, 0) is 68.4 Å². The van der Waals surface area contributed by atoms with Crippen molar-refractivity contribution in [1.29, 1.82) is 0 Å². The summed E-state index contributed by atoms with van der Waals surface area (Å²) in [5.41, 5.74) is 0.983. The molecule has 1 aliphatic heterocycles. The number of rotatable bonds is 6. The van der Waals surface area contributed by atoms with Gasteiger partial charge in [0.15, 0.2) is 0 Å². The molecule has 1 aromatic rings. The molecule has 0 bridgehead atoms. The van der Waals surface area contributed by atoms with E-state index in [9.17, 15) is 8.42 Å². The quantitative estimate of drug-likeness (QED) is 0.843. The third kappa shape index (κ3) is 5.20. The monoisotopic (exact) mass is 328 g/mol. The van der Waals surface area contributed by atoms with Crippen LogP contribution in [-0.4, -0.2) is 32.5 Å². The van der Waals surface area contributed by atoms with Gasteiger partial charge in [-0.2, -0.15) is 11.8 Å². The van der Waals surface area contributed by atoms with Crippen LogP contribution in [0.15, 0.2) is 29.2 Å². The molecule has 0 aliphatic carbocycles. The van der Waals surface area contributed by atoms with E-state index < -0.39 is 10.0 Å². The molecule has 0 aromatic heterocycles. The molecule has 2 rings (SSSR count). The van der Waals surface area contributed by atoms with Crippen LogP contribution >= 0.6 is 11.8 Å². The number of hydrogen-bond acceptors (Lipinski definition) is 4. The van der Waals surface area contributed by atoms with Crippen LogP contribution in [0.5, 0.6) is 0 Å². The Hall–Kier alpha value is -0.720. The lowest BCUT2D eigenvalue weighted by Gasteiger charge is -2.22. The first-order chi connectivity index (χ1) is 9.97. The molecule has 1 aromatic carbocycles. The summed E-state index contributed by atoms with van der Waals surface area (Å²) in [6.45, 7) is 4.60. The lowest BCUT2D eigenvalue weighted by molar-refractivity contribution is 0.516. The van der Waals surface area contributed by atoms with Crippen molar-refractivity contribution in [2.45, 2.75) is 37.6 Å². The van der Waals surface area contributed by atoms with E-state index in [4.69, 9.17) is 0 Å². The molecular weight excluding hydrogens is 304 g/mol. The second-order valence-corrected chi connectivity index (χ2v) is 8.68. The molecule has 0 amide bonds. The summed E-state index contributed by atoms with van der Waals surface area (Å²) in [6, 6.07) is 6.89. The molecule has 0 radical (unpaired) electrons. The summed E-state index contributed by atoms with van der Waals surface area (Å²) < 4.78 is 26.6. The Morgan fingerprint density at radius 2 is 1.81 bits per heavy atom. The topological polar surface area (TPSA) is 58.2 Å². The maximum atomic E-state index is 12.0. The van der Waals surface area contributed by atoms with E-state index in [-0.39, 0.29) is 6.04 Å². The predicted octanol–water partition coefficient (Wildman–Crippen LogP) is 2.93. The Morgan fingerprint density at radius 3 is 2.38 bits per heavy atom. The molecule has 1 heterocycles. The van der Waals surface area contributed by atoms with Gasteiger partial charge < -0.3 is 5.32 Å². The molecule has 1 saturated heterocycles. The van der Waals surface area contributed by atoms with Crippen molar-refractivity contribution >= 4 is 27.5 Å². The number of thioether (sulfide) groups is 1. The van der Waals surface area contributed by atoms with Gasteiger partial charge in [0, 0.05) is 18.3 Å². The highest BCUT2D eigenvalue weighted by Crippen LogP contribution is 2.23. The van der Waals surface area contributed by atoms with Gasteiger partial charge in [0.05, 0.1) is 4.90 Å². The summed E-state index contributed by atoms with van der Waals surface area (Å²) in [5, 5.41) is 3.41. The first kappa shape index (κ1) is 16.6. The summed E-state index contributed by atoms with van der Waals surface area (Å²) in [4.78, 5) is 0.316. The van der Waals surface area contributed by atoms with E-state index in [0.717, 1.165) is 18.2 Å². The molecule has 0 spiro atoms. The fourth-order valence-electron chi connectivity index (χ4n) is 2.34. The Kier molecular flexibility index (Phi) is 5.96. The average molecular weight is 329 g/mol. The first-order valence-corrected chi connectivity index (χ1v) is 10.0. The summed E-state index contributed by atoms with van der Waals surface area (Å²) in [7, 11) is -3.39. The molecular formula is C15H24N2O2S2. The molecule has 1 aliphatic rings. The minimum absolute atomic E-state index is 0.100. The normalized spacial score (nSPS) is 17.1. The predicted molar refractivity (Wildman–Crippen MR) is 90.4 cm³/mol. The molecule has 1 fully saturated rings. The van der Waals surface area contributed by atoms with Crippen LogP contribution in [0.3, 0.4) is 0 Å². The van der Waals surface area contributed by atoms with Crippen LogP contribution in [0.25, 0.3) is 0 Å². The highest BCUT2D eigenvalue weighted by atomic mass is 32.2. The highest BCUT2D eigenvalue weighted by Gasteiger charge is 2.16. The molecule has 0 unspecified atom stereocenters. The molecule has 6 heteroatoms. The molecule has 0 atom stereocenters. The van der Waals surface area contributed by atoms with E-state index in [0.29, 0.717) is 4.90 Å². The Bertz CT molecular complexity index is 535. The maximum Gasteiger partial charge on any atom is 0.240 e. The molecule has 118 valence electrons. The van der Waals surface area contributed by atoms with Gasteiger partial charge in [-0.25, -0.2) is 13.1 Å². The zero-order valence-electron chi connectivity index (χ0n) is 12.6. The molecule has 2 N–H and O–H groups in total. The van der Waals surface area contributed by atoms with Crippen molar-refractivity contribution in [2.75, 3.05) is 23.4 Å². The van der Waals surface area contributed by atoms with E-state index in [2.05, 4.69) is 10.0 Å². The van der Waals surface area contributed by atoms with Crippen molar-refractivity contribution < 1.29 is 8.42 Å². The van der Waals surface area contributed by atoms with Crippen LogP contribution in [0.1, 0.15) is 26.7 Å². The van der Waals surface area contributed by atoms with Crippen LogP contribution in [-0.2, 0) is 10.0 Å². The van der Waals surface area contributed by atoms with Gasteiger partial charge in [-0.1, -0.05) is 0 Å². The van der Waals surface area contributed by atoms with Crippen molar-refractivity contribution in [3.05, 3.63) is 24.3 Å². The summed E-state index contributed by atoms with van der Waals surface area (Å²) in [5.74, 6) is 3.24. The van der Waals surface area contributed by atoms with Crippen LogP contribution in [0.4, 0.5) is 5.69 Å². The molecule has 21 heavy (non-hydrogen) atoms. The maximum absolute atomic E-state index is 12.0. The Morgan fingerprint density at radius 1 is 1.19 bits per heavy atom. The Labute approximate surface area is 132 Å². The van der Waals surface area contributed by atoms with E-state index in [1.807, 2.05) is 37.7 Å². The van der Waals surface area contributed by atoms with Crippen LogP contribution in [0, 0.1) is 5.92 Å². The first-order valence-electron chi connectivity index (χ1n) is 7.41. The fourth-order valence-corrected chi connectivity index (χ4v) is 4.80.